The highest BCUT2D eigenvalue weighted by Gasteiger charge is 2.22. The average molecular weight is 378 g/mol. The number of hydrogen-bond acceptors (Lipinski definition) is 6. The van der Waals surface area contributed by atoms with E-state index in [0.29, 0.717) is 36.6 Å². The van der Waals surface area contributed by atoms with Crippen molar-refractivity contribution in [1.29, 1.82) is 0 Å². The van der Waals surface area contributed by atoms with Crippen LogP contribution in [0.2, 0.25) is 0 Å². The van der Waals surface area contributed by atoms with E-state index in [0.717, 1.165) is 29.3 Å². The Bertz CT molecular complexity index is 1030. The zero-order valence-corrected chi connectivity index (χ0v) is 15.9. The van der Waals surface area contributed by atoms with Crippen molar-refractivity contribution in [2.24, 2.45) is 0 Å². The minimum absolute atomic E-state index is 0.104. The summed E-state index contributed by atoms with van der Waals surface area (Å²) in [5.74, 6) is 2.11. The number of aromatic amines is 1. The molecule has 3 heterocycles. The molecule has 0 saturated carbocycles. The molecule has 1 aliphatic rings. The van der Waals surface area contributed by atoms with E-state index in [1.54, 1.807) is 20.4 Å². The first-order chi connectivity index (χ1) is 13.7. The summed E-state index contributed by atoms with van der Waals surface area (Å²) in [4.78, 5) is 26.7. The highest BCUT2D eigenvalue weighted by atomic mass is 16.5. The zero-order chi connectivity index (χ0) is 19.5. The Hall–Kier alpha value is -3.19. The fourth-order valence-electron chi connectivity index (χ4n) is 3.49. The Morgan fingerprint density at radius 3 is 2.82 bits per heavy atom. The molecule has 7 nitrogen and oxygen atoms in total. The Balaban J connectivity index is 1.58. The molecule has 1 aromatic carbocycles. The molecule has 0 saturated heterocycles. The van der Waals surface area contributed by atoms with Gasteiger partial charge in [0.1, 0.15) is 17.2 Å². The summed E-state index contributed by atoms with van der Waals surface area (Å²) in [5.41, 5.74) is 3.16. The summed E-state index contributed by atoms with van der Waals surface area (Å²) in [5, 5.41) is 0. The first-order valence-corrected chi connectivity index (χ1v) is 9.14. The fourth-order valence-corrected chi connectivity index (χ4v) is 3.49. The summed E-state index contributed by atoms with van der Waals surface area (Å²) in [6, 6.07) is 11.3. The number of methoxy groups -OCH3 is 2. The maximum atomic E-state index is 12.7. The van der Waals surface area contributed by atoms with Gasteiger partial charge < -0.3 is 14.5 Å². The van der Waals surface area contributed by atoms with Crippen LogP contribution in [0.15, 0.2) is 47.4 Å². The average Bonchev–Trinajstić information content (AvgIpc) is 2.74. The minimum atomic E-state index is -0.104. The maximum Gasteiger partial charge on any atom is 0.255 e. The van der Waals surface area contributed by atoms with E-state index in [-0.39, 0.29) is 5.56 Å². The first-order valence-electron chi connectivity index (χ1n) is 9.14. The van der Waals surface area contributed by atoms with Crippen molar-refractivity contribution in [3.8, 4) is 23.0 Å². The molecule has 0 aliphatic carbocycles. The lowest BCUT2D eigenvalue weighted by Gasteiger charge is -2.28. The molecule has 7 heteroatoms. The van der Waals surface area contributed by atoms with E-state index >= 15 is 0 Å². The second-order valence-electron chi connectivity index (χ2n) is 6.69. The van der Waals surface area contributed by atoms with Crippen molar-refractivity contribution in [3.63, 3.8) is 0 Å². The lowest BCUT2D eigenvalue weighted by molar-refractivity contribution is 0.237. The highest BCUT2D eigenvalue weighted by molar-refractivity contribution is 5.49. The Kier molecular flexibility index (Phi) is 5.08. The second kappa shape index (κ2) is 7.82. The van der Waals surface area contributed by atoms with Gasteiger partial charge >= 0.3 is 0 Å². The Morgan fingerprint density at radius 1 is 1.18 bits per heavy atom. The van der Waals surface area contributed by atoms with Gasteiger partial charge in [0.25, 0.3) is 5.56 Å². The van der Waals surface area contributed by atoms with Gasteiger partial charge in [-0.15, -0.1) is 0 Å². The predicted molar refractivity (Wildman–Crippen MR) is 105 cm³/mol. The van der Waals surface area contributed by atoms with Gasteiger partial charge in [-0.2, -0.15) is 0 Å². The number of nitrogens with zero attached hydrogens (tertiary/aromatic N) is 3. The number of pyridine rings is 1. The summed E-state index contributed by atoms with van der Waals surface area (Å²) in [6.07, 6.45) is 2.41. The van der Waals surface area contributed by atoms with Crippen molar-refractivity contribution < 1.29 is 9.47 Å². The van der Waals surface area contributed by atoms with E-state index < -0.39 is 0 Å². The molecular formula is C21H22N4O3. The van der Waals surface area contributed by atoms with Gasteiger partial charge in [-0.1, -0.05) is 6.07 Å². The smallest absolute Gasteiger partial charge is 0.255 e. The van der Waals surface area contributed by atoms with Gasteiger partial charge in [-0.3, -0.25) is 14.7 Å². The molecule has 4 rings (SSSR count). The summed E-state index contributed by atoms with van der Waals surface area (Å²) in [6.45, 7) is 2.02. The van der Waals surface area contributed by atoms with Crippen molar-refractivity contribution in [1.82, 2.24) is 19.9 Å². The Morgan fingerprint density at radius 2 is 2.07 bits per heavy atom. The van der Waals surface area contributed by atoms with Crippen molar-refractivity contribution in [3.05, 3.63) is 69.8 Å². The van der Waals surface area contributed by atoms with E-state index in [4.69, 9.17) is 9.47 Å². The lowest BCUT2D eigenvalue weighted by Crippen LogP contribution is -2.35. The third kappa shape index (κ3) is 3.61. The van der Waals surface area contributed by atoms with Crippen LogP contribution in [-0.4, -0.2) is 40.6 Å². The van der Waals surface area contributed by atoms with Crippen LogP contribution in [0, 0.1) is 0 Å². The van der Waals surface area contributed by atoms with Crippen LogP contribution in [0.25, 0.3) is 11.5 Å². The quantitative estimate of drug-likeness (QED) is 0.734. The number of ether oxygens (including phenoxy) is 2. The molecule has 0 unspecified atom stereocenters. The molecule has 0 spiro atoms. The summed E-state index contributed by atoms with van der Waals surface area (Å²) in [7, 11) is 3.30. The maximum absolute atomic E-state index is 12.7. The molecule has 3 aromatic rings. The number of rotatable bonds is 5. The van der Waals surface area contributed by atoms with E-state index in [2.05, 4.69) is 19.9 Å². The van der Waals surface area contributed by atoms with Crippen LogP contribution in [0.4, 0.5) is 0 Å². The number of benzene rings is 1. The van der Waals surface area contributed by atoms with Crippen molar-refractivity contribution >= 4 is 0 Å². The SMILES string of the molecule is COc1ccc(OC)c(CN2CCc3nc(-c4ccccn4)[nH]c(=O)c3C2)c1. The van der Waals surface area contributed by atoms with Gasteiger partial charge in [0.15, 0.2) is 5.82 Å². The second-order valence-corrected chi connectivity index (χ2v) is 6.69. The van der Waals surface area contributed by atoms with Crippen LogP contribution in [0.5, 0.6) is 11.5 Å². The number of H-pyrrole nitrogens is 1. The molecule has 0 atom stereocenters. The number of fused-ring (bicyclic) bond motifs is 1. The summed E-state index contributed by atoms with van der Waals surface area (Å²) < 4.78 is 10.8. The normalized spacial score (nSPS) is 13.8. The Labute approximate surface area is 163 Å². The molecule has 0 fully saturated rings. The molecule has 0 amide bonds. The number of hydrogen-bond donors (Lipinski definition) is 1. The number of aromatic nitrogens is 3. The minimum Gasteiger partial charge on any atom is -0.497 e. The molecular weight excluding hydrogens is 356 g/mol. The molecule has 0 bridgehead atoms. The molecule has 144 valence electrons. The lowest BCUT2D eigenvalue weighted by atomic mass is 10.1. The van der Waals surface area contributed by atoms with Crippen LogP contribution in [0.3, 0.4) is 0 Å². The largest absolute Gasteiger partial charge is 0.497 e. The summed E-state index contributed by atoms with van der Waals surface area (Å²) >= 11 is 0. The van der Waals surface area contributed by atoms with Crippen LogP contribution in [0.1, 0.15) is 16.8 Å². The van der Waals surface area contributed by atoms with E-state index in [1.165, 1.54) is 0 Å². The fraction of sp³-hybridized carbons (Fsp3) is 0.286. The van der Waals surface area contributed by atoms with E-state index in [9.17, 15) is 4.79 Å². The van der Waals surface area contributed by atoms with Gasteiger partial charge in [0.05, 0.1) is 25.5 Å². The van der Waals surface area contributed by atoms with Crippen LogP contribution >= 0.6 is 0 Å². The first kappa shape index (κ1) is 18.2. The van der Waals surface area contributed by atoms with Crippen molar-refractivity contribution in [2.45, 2.75) is 19.5 Å². The third-order valence-corrected chi connectivity index (χ3v) is 4.94. The van der Waals surface area contributed by atoms with E-state index in [1.807, 2.05) is 36.4 Å². The zero-order valence-electron chi connectivity index (χ0n) is 15.9. The van der Waals surface area contributed by atoms with Gasteiger partial charge in [-0.05, 0) is 30.3 Å². The predicted octanol–water partition coefficient (Wildman–Crippen LogP) is 2.41. The van der Waals surface area contributed by atoms with Crippen LogP contribution in [-0.2, 0) is 19.5 Å². The van der Waals surface area contributed by atoms with Crippen LogP contribution < -0.4 is 15.0 Å². The van der Waals surface area contributed by atoms with Gasteiger partial charge in [0.2, 0.25) is 0 Å². The third-order valence-electron chi connectivity index (χ3n) is 4.94. The van der Waals surface area contributed by atoms with Gasteiger partial charge in [0, 0.05) is 37.8 Å². The topological polar surface area (TPSA) is 80.3 Å². The molecule has 1 N–H and O–H groups in total. The molecule has 1 aliphatic heterocycles. The van der Waals surface area contributed by atoms with Crippen molar-refractivity contribution in [2.75, 3.05) is 20.8 Å². The van der Waals surface area contributed by atoms with Gasteiger partial charge in [-0.25, -0.2) is 4.98 Å². The molecule has 28 heavy (non-hydrogen) atoms. The standard InChI is InChI=1S/C21H22N4O3/c1-27-15-6-7-19(28-2)14(11-15)12-25-10-8-17-16(13-25)21(26)24-20(23-17)18-5-3-4-9-22-18/h3-7,9,11H,8,10,12-13H2,1-2H3,(H,23,24,26). The monoisotopic (exact) mass is 378 g/mol. The number of nitrogens with one attached hydrogen (secondary N) is 1. The molecule has 2 aromatic heterocycles. The molecule has 0 radical (unpaired) electrons. The highest BCUT2D eigenvalue weighted by Crippen LogP contribution is 2.27.